The molecule has 2 aromatic rings. The predicted molar refractivity (Wildman–Crippen MR) is 72.6 cm³/mol. The molecule has 1 saturated heterocycles. The summed E-state index contributed by atoms with van der Waals surface area (Å²) in [6, 6.07) is 3.68. The molecule has 1 fully saturated rings. The molecule has 100 valence electrons. The van der Waals surface area contributed by atoms with Crippen LogP contribution in [0.1, 0.15) is 6.42 Å². The lowest BCUT2D eigenvalue weighted by molar-refractivity contribution is 0.595. The molecular formula is C12H14N4O2S. The van der Waals surface area contributed by atoms with Gasteiger partial charge in [0.2, 0.25) is 0 Å². The molecule has 1 aliphatic heterocycles. The summed E-state index contributed by atoms with van der Waals surface area (Å²) in [5, 5.41) is 3.17. The first-order chi connectivity index (χ1) is 9.12. The topological polar surface area (TPSA) is 84.8 Å². The van der Waals surface area contributed by atoms with Crippen LogP contribution in [0.4, 0.5) is 5.82 Å². The van der Waals surface area contributed by atoms with E-state index in [4.69, 9.17) is 0 Å². The largest absolute Gasteiger partial charge is 0.370 e. The van der Waals surface area contributed by atoms with Crippen LogP contribution in [0.25, 0.3) is 11.2 Å². The van der Waals surface area contributed by atoms with Crippen LogP contribution in [0.15, 0.2) is 24.5 Å². The number of hydrogen-bond donors (Lipinski definition) is 1. The Morgan fingerprint density at radius 2 is 2.11 bits per heavy atom. The van der Waals surface area contributed by atoms with Gasteiger partial charge in [0.1, 0.15) is 11.3 Å². The first-order valence-electron chi connectivity index (χ1n) is 6.14. The van der Waals surface area contributed by atoms with E-state index in [2.05, 4.69) is 20.3 Å². The Bertz CT molecular complexity index is 702. The van der Waals surface area contributed by atoms with Crippen LogP contribution < -0.4 is 5.32 Å². The molecule has 0 aliphatic carbocycles. The number of fused-ring (bicyclic) bond motifs is 1. The van der Waals surface area contributed by atoms with Gasteiger partial charge < -0.3 is 5.32 Å². The Balaban J connectivity index is 1.69. The quantitative estimate of drug-likeness (QED) is 0.896. The van der Waals surface area contributed by atoms with Gasteiger partial charge in [0.05, 0.1) is 11.5 Å². The normalized spacial score (nSPS) is 21.6. The van der Waals surface area contributed by atoms with Crippen LogP contribution in [0.3, 0.4) is 0 Å². The van der Waals surface area contributed by atoms with Gasteiger partial charge in [-0.25, -0.2) is 18.4 Å². The van der Waals surface area contributed by atoms with Gasteiger partial charge in [-0.1, -0.05) is 0 Å². The van der Waals surface area contributed by atoms with Crippen LogP contribution >= 0.6 is 0 Å². The van der Waals surface area contributed by atoms with E-state index in [1.807, 2.05) is 12.1 Å². The highest BCUT2D eigenvalue weighted by Gasteiger charge is 2.27. The van der Waals surface area contributed by atoms with Gasteiger partial charge in [0.15, 0.2) is 15.5 Å². The molecule has 19 heavy (non-hydrogen) atoms. The summed E-state index contributed by atoms with van der Waals surface area (Å²) >= 11 is 0. The highest BCUT2D eigenvalue weighted by molar-refractivity contribution is 7.91. The van der Waals surface area contributed by atoms with Crippen LogP contribution in [-0.4, -0.2) is 41.4 Å². The minimum Gasteiger partial charge on any atom is -0.370 e. The van der Waals surface area contributed by atoms with Crippen LogP contribution in [0.5, 0.6) is 0 Å². The number of sulfone groups is 1. The van der Waals surface area contributed by atoms with Crippen molar-refractivity contribution in [1.82, 2.24) is 15.0 Å². The Morgan fingerprint density at radius 3 is 2.89 bits per heavy atom. The second kappa shape index (κ2) is 4.73. The monoisotopic (exact) mass is 278 g/mol. The smallest absolute Gasteiger partial charge is 0.180 e. The molecule has 3 heterocycles. The van der Waals surface area contributed by atoms with E-state index in [9.17, 15) is 8.42 Å². The summed E-state index contributed by atoms with van der Waals surface area (Å²) < 4.78 is 22.7. The molecule has 1 aliphatic rings. The van der Waals surface area contributed by atoms with Crippen molar-refractivity contribution >= 4 is 26.8 Å². The van der Waals surface area contributed by atoms with Crippen molar-refractivity contribution in [1.29, 1.82) is 0 Å². The van der Waals surface area contributed by atoms with Gasteiger partial charge in [-0.3, -0.25) is 4.98 Å². The van der Waals surface area contributed by atoms with Crippen molar-refractivity contribution in [2.24, 2.45) is 5.92 Å². The lowest BCUT2D eigenvalue weighted by Gasteiger charge is -2.10. The minimum atomic E-state index is -2.82. The van der Waals surface area contributed by atoms with Gasteiger partial charge in [0, 0.05) is 18.9 Å². The minimum absolute atomic E-state index is 0.171. The molecule has 0 spiro atoms. The first kappa shape index (κ1) is 12.3. The molecule has 0 saturated carbocycles. The number of rotatable bonds is 3. The third kappa shape index (κ3) is 2.81. The van der Waals surface area contributed by atoms with E-state index in [1.54, 1.807) is 12.4 Å². The third-order valence-electron chi connectivity index (χ3n) is 3.23. The Labute approximate surface area is 111 Å². The molecule has 7 heteroatoms. The molecular weight excluding hydrogens is 264 g/mol. The zero-order valence-electron chi connectivity index (χ0n) is 10.3. The zero-order valence-corrected chi connectivity index (χ0v) is 11.1. The van der Waals surface area contributed by atoms with Crippen molar-refractivity contribution in [3.8, 4) is 0 Å². The number of nitrogens with zero attached hydrogens (tertiary/aromatic N) is 3. The lowest BCUT2D eigenvalue weighted by Crippen LogP contribution is -2.16. The van der Waals surface area contributed by atoms with Gasteiger partial charge in [-0.05, 0) is 24.5 Å². The molecule has 1 atom stereocenters. The molecule has 3 rings (SSSR count). The fourth-order valence-corrected chi connectivity index (χ4v) is 4.10. The molecule has 0 bridgehead atoms. The van der Waals surface area contributed by atoms with Crippen molar-refractivity contribution in [2.75, 3.05) is 23.4 Å². The van der Waals surface area contributed by atoms with E-state index in [0.29, 0.717) is 23.8 Å². The number of aromatic nitrogens is 3. The van der Waals surface area contributed by atoms with Crippen molar-refractivity contribution in [3.63, 3.8) is 0 Å². The molecule has 1 N–H and O–H groups in total. The van der Waals surface area contributed by atoms with Crippen LogP contribution in [0, 0.1) is 5.92 Å². The molecule has 1 unspecified atom stereocenters. The van der Waals surface area contributed by atoms with E-state index in [0.717, 1.165) is 11.9 Å². The molecule has 0 amide bonds. The summed E-state index contributed by atoms with van der Waals surface area (Å²) in [7, 11) is -2.82. The van der Waals surface area contributed by atoms with Crippen molar-refractivity contribution in [3.05, 3.63) is 24.5 Å². The maximum Gasteiger partial charge on any atom is 0.180 e. The number of anilines is 1. The summed E-state index contributed by atoms with van der Waals surface area (Å²) in [5.74, 6) is 1.45. The maximum absolute atomic E-state index is 11.4. The van der Waals surface area contributed by atoms with E-state index in [-0.39, 0.29) is 11.7 Å². The van der Waals surface area contributed by atoms with Crippen LogP contribution in [0.2, 0.25) is 0 Å². The maximum atomic E-state index is 11.4. The van der Waals surface area contributed by atoms with Gasteiger partial charge in [-0.2, -0.15) is 0 Å². The van der Waals surface area contributed by atoms with Crippen molar-refractivity contribution in [2.45, 2.75) is 6.42 Å². The van der Waals surface area contributed by atoms with E-state index < -0.39 is 9.84 Å². The molecule has 0 radical (unpaired) electrons. The van der Waals surface area contributed by atoms with Crippen LogP contribution in [-0.2, 0) is 9.84 Å². The van der Waals surface area contributed by atoms with Gasteiger partial charge >= 0.3 is 0 Å². The van der Waals surface area contributed by atoms with Crippen molar-refractivity contribution < 1.29 is 8.42 Å². The number of nitrogens with one attached hydrogen (secondary N) is 1. The summed E-state index contributed by atoms with van der Waals surface area (Å²) in [6.07, 6.45) is 3.95. The van der Waals surface area contributed by atoms with Gasteiger partial charge in [0.25, 0.3) is 0 Å². The van der Waals surface area contributed by atoms with Gasteiger partial charge in [-0.15, -0.1) is 0 Å². The molecule has 0 aromatic carbocycles. The summed E-state index contributed by atoms with van der Waals surface area (Å²) in [5.41, 5.74) is 1.34. The second-order valence-corrected chi connectivity index (χ2v) is 6.97. The Hall–Kier alpha value is -1.76. The summed E-state index contributed by atoms with van der Waals surface area (Å²) in [6.45, 7) is 0.623. The molecule has 2 aromatic heterocycles. The fourth-order valence-electron chi connectivity index (χ4n) is 2.23. The second-order valence-electron chi connectivity index (χ2n) is 4.75. The molecule has 6 nitrogen and oxygen atoms in total. The third-order valence-corrected chi connectivity index (χ3v) is 5.07. The number of hydrogen-bond acceptors (Lipinski definition) is 6. The Morgan fingerprint density at radius 1 is 1.26 bits per heavy atom. The highest BCUT2D eigenvalue weighted by Crippen LogP contribution is 2.19. The van der Waals surface area contributed by atoms with E-state index >= 15 is 0 Å². The number of pyridine rings is 1. The standard InChI is InChI=1S/C12H14N4O2S/c17-19(18)6-3-9(8-19)7-15-11-2-1-10-12(16-11)14-5-4-13-10/h1-2,4-5,9H,3,6-8H2,(H,14,15,16). The predicted octanol–water partition coefficient (Wildman–Crippen LogP) is 0.871. The zero-order chi connectivity index (χ0) is 13.3. The Kier molecular flexibility index (Phi) is 3.06. The first-order valence-corrected chi connectivity index (χ1v) is 7.97. The van der Waals surface area contributed by atoms with E-state index in [1.165, 1.54) is 0 Å². The fraction of sp³-hybridized carbons (Fsp3) is 0.417. The SMILES string of the molecule is O=S1(=O)CCC(CNc2ccc3nccnc3n2)C1. The summed E-state index contributed by atoms with van der Waals surface area (Å²) in [4.78, 5) is 12.6. The average Bonchev–Trinajstić information content (AvgIpc) is 2.76. The highest BCUT2D eigenvalue weighted by atomic mass is 32.2. The average molecular weight is 278 g/mol. The lowest BCUT2D eigenvalue weighted by atomic mass is 10.1.